The Bertz CT molecular complexity index is 678. The van der Waals surface area contributed by atoms with Crippen LogP contribution in [0, 0.1) is 0 Å². The number of guanidine groups is 1. The number of nitrogens with zero attached hydrogens (tertiary/aromatic N) is 3. The summed E-state index contributed by atoms with van der Waals surface area (Å²) in [6.07, 6.45) is 3.28. The summed E-state index contributed by atoms with van der Waals surface area (Å²) in [6, 6.07) is 15.0. The molecule has 1 aliphatic heterocycles. The van der Waals surface area contributed by atoms with Gasteiger partial charge in [-0.15, -0.1) is 11.3 Å². The van der Waals surface area contributed by atoms with Gasteiger partial charge in [0, 0.05) is 50.7 Å². The topological polar surface area (TPSA) is 56.9 Å². The van der Waals surface area contributed by atoms with Crippen molar-refractivity contribution in [3.63, 3.8) is 0 Å². The molecule has 5 nitrogen and oxygen atoms in total. The first kappa shape index (κ1) is 20.8. The second kappa shape index (κ2) is 11.8. The first-order chi connectivity index (χ1) is 13.8. The van der Waals surface area contributed by atoms with Gasteiger partial charge >= 0.3 is 0 Å². The summed E-state index contributed by atoms with van der Waals surface area (Å²) < 4.78 is 0. The van der Waals surface area contributed by atoms with Crippen LogP contribution in [0.4, 0.5) is 0 Å². The average Bonchev–Trinajstić information content (AvgIpc) is 3.23. The molecule has 1 aliphatic rings. The van der Waals surface area contributed by atoms with E-state index in [1.807, 2.05) is 0 Å². The minimum absolute atomic E-state index is 0.575. The Labute approximate surface area is 173 Å². The fourth-order valence-electron chi connectivity index (χ4n) is 3.48. The standard InChI is InChI=1S/C22H33N5S/c23-22(25-12-10-21-9-6-18-28-21)24-11-4-5-13-26-14-16-27(17-15-26)19-20-7-2-1-3-8-20/h1-3,6-9,18H,4-5,10-17,19H2,(H3,23,24,25). The number of aliphatic imine (C=N–C) groups is 1. The average molecular weight is 400 g/mol. The SMILES string of the molecule is NC(=NCCCCN1CCN(Cc2ccccc2)CC1)NCCc1cccs1. The number of hydrogen-bond donors (Lipinski definition) is 2. The molecule has 0 bridgehead atoms. The van der Waals surface area contributed by atoms with E-state index in [2.05, 4.69) is 68.0 Å². The molecule has 3 N–H and O–H groups in total. The third-order valence-electron chi connectivity index (χ3n) is 5.14. The highest BCUT2D eigenvalue weighted by Gasteiger charge is 2.16. The van der Waals surface area contributed by atoms with E-state index >= 15 is 0 Å². The Morgan fingerprint density at radius 1 is 1.00 bits per heavy atom. The maximum absolute atomic E-state index is 5.94. The molecule has 1 saturated heterocycles. The molecule has 0 radical (unpaired) electrons. The van der Waals surface area contributed by atoms with Gasteiger partial charge < -0.3 is 16.0 Å². The molecule has 6 heteroatoms. The van der Waals surface area contributed by atoms with Crippen molar-refractivity contribution in [3.8, 4) is 0 Å². The predicted octanol–water partition coefficient (Wildman–Crippen LogP) is 2.79. The fraction of sp³-hybridized carbons (Fsp3) is 0.500. The van der Waals surface area contributed by atoms with Crippen LogP contribution < -0.4 is 11.1 Å². The predicted molar refractivity (Wildman–Crippen MR) is 120 cm³/mol. The van der Waals surface area contributed by atoms with Crippen LogP contribution in [0.2, 0.25) is 0 Å². The first-order valence-corrected chi connectivity index (χ1v) is 11.2. The van der Waals surface area contributed by atoms with E-state index < -0.39 is 0 Å². The quantitative estimate of drug-likeness (QED) is 0.366. The number of nitrogens with two attached hydrogens (primary N) is 1. The van der Waals surface area contributed by atoms with Gasteiger partial charge in [0.05, 0.1) is 0 Å². The Kier molecular flexibility index (Phi) is 8.81. The van der Waals surface area contributed by atoms with Crippen LogP contribution in [0.1, 0.15) is 23.3 Å². The van der Waals surface area contributed by atoms with Crippen molar-refractivity contribution < 1.29 is 0 Å². The van der Waals surface area contributed by atoms with Crippen molar-refractivity contribution in [2.24, 2.45) is 10.7 Å². The van der Waals surface area contributed by atoms with Crippen LogP contribution in [0.5, 0.6) is 0 Å². The summed E-state index contributed by atoms with van der Waals surface area (Å²) in [7, 11) is 0. The monoisotopic (exact) mass is 399 g/mol. The molecular weight excluding hydrogens is 366 g/mol. The Balaban J connectivity index is 1.21. The number of thiophene rings is 1. The number of hydrogen-bond acceptors (Lipinski definition) is 4. The molecule has 1 aromatic heterocycles. The molecule has 1 fully saturated rings. The molecule has 3 rings (SSSR count). The van der Waals surface area contributed by atoms with Crippen molar-refractivity contribution in [2.45, 2.75) is 25.8 Å². The molecule has 0 atom stereocenters. The first-order valence-electron chi connectivity index (χ1n) is 10.3. The lowest BCUT2D eigenvalue weighted by molar-refractivity contribution is 0.126. The normalized spacial score (nSPS) is 16.4. The van der Waals surface area contributed by atoms with E-state index in [9.17, 15) is 0 Å². The van der Waals surface area contributed by atoms with Crippen molar-refractivity contribution in [2.75, 3.05) is 45.8 Å². The second-order valence-corrected chi connectivity index (χ2v) is 8.37. The molecule has 0 spiro atoms. The van der Waals surface area contributed by atoms with Gasteiger partial charge in [0.2, 0.25) is 0 Å². The molecule has 2 heterocycles. The number of nitrogens with one attached hydrogen (secondary N) is 1. The van der Waals surface area contributed by atoms with E-state index in [-0.39, 0.29) is 0 Å². The summed E-state index contributed by atoms with van der Waals surface area (Å²) in [5.41, 5.74) is 7.36. The van der Waals surface area contributed by atoms with Crippen molar-refractivity contribution in [3.05, 3.63) is 58.3 Å². The summed E-state index contributed by atoms with van der Waals surface area (Å²) in [6.45, 7) is 8.56. The highest BCUT2D eigenvalue weighted by Crippen LogP contribution is 2.09. The molecule has 0 aliphatic carbocycles. The number of piperazine rings is 1. The number of unbranched alkanes of at least 4 members (excludes halogenated alkanes) is 1. The third-order valence-corrected chi connectivity index (χ3v) is 6.07. The molecule has 1 aromatic carbocycles. The van der Waals surface area contributed by atoms with E-state index in [4.69, 9.17) is 5.73 Å². The summed E-state index contributed by atoms with van der Waals surface area (Å²) in [4.78, 5) is 11.0. The zero-order chi connectivity index (χ0) is 19.4. The molecule has 28 heavy (non-hydrogen) atoms. The van der Waals surface area contributed by atoms with Crippen molar-refractivity contribution >= 4 is 17.3 Å². The van der Waals surface area contributed by atoms with Crippen LogP contribution in [-0.2, 0) is 13.0 Å². The zero-order valence-electron chi connectivity index (χ0n) is 16.7. The van der Waals surface area contributed by atoms with E-state index in [1.165, 1.54) is 36.5 Å². The van der Waals surface area contributed by atoms with Gasteiger partial charge in [0.1, 0.15) is 0 Å². The molecule has 0 amide bonds. The largest absolute Gasteiger partial charge is 0.370 e. The Morgan fingerprint density at radius 2 is 1.79 bits per heavy atom. The van der Waals surface area contributed by atoms with Crippen LogP contribution >= 0.6 is 11.3 Å². The lowest BCUT2D eigenvalue weighted by atomic mass is 10.2. The number of benzene rings is 1. The summed E-state index contributed by atoms with van der Waals surface area (Å²) >= 11 is 1.78. The van der Waals surface area contributed by atoms with E-state index in [0.29, 0.717) is 5.96 Å². The number of rotatable bonds is 10. The van der Waals surface area contributed by atoms with Gasteiger partial charge in [-0.3, -0.25) is 9.89 Å². The third kappa shape index (κ3) is 7.62. The van der Waals surface area contributed by atoms with Gasteiger partial charge in [0.25, 0.3) is 0 Å². The minimum atomic E-state index is 0.575. The minimum Gasteiger partial charge on any atom is -0.370 e. The summed E-state index contributed by atoms with van der Waals surface area (Å²) in [5.74, 6) is 0.575. The fourth-order valence-corrected chi connectivity index (χ4v) is 4.19. The maximum atomic E-state index is 5.94. The Hall–Kier alpha value is -1.89. The Morgan fingerprint density at radius 3 is 2.54 bits per heavy atom. The molecule has 152 valence electrons. The van der Waals surface area contributed by atoms with Crippen LogP contribution in [0.15, 0.2) is 52.8 Å². The van der Waals surface area contributed by atoms with Crippen molar-refractivity contribution in [1.82, 2.24) is 15.1 Å². The van der Waals surface area contributed by atoms with E-state index in [1.54, 1.807) is 11.3 Å². The van der Waals surface area contributed by atoms with Gasteiger partial charge in [-0.25, -0.2) is 0 Å². The smallest absolute Gasteiger partial charge is 0.188 e. The molecule has 0 saturated carbocycles. The van der Waals surface area contributed by atoms with Crippen molar-refractivity contribution in [1.29, 1.82) is 0 Å². The van der Waals surface area contributed by atoms with Crippen LogP contribution in [0.3, 0.4) is 0 Å². The lowest BCUT2D eigenvalue weighted by Gasteiger charge is -2.34. The van der Waals surface area contributed by atoms with Gasteiger partial charge in [-0.05, 0) is 42.8 Å². The highest BCUT2D eigenvalue weighted by molar-refractivity contribution is 7.09. The second-order valence-electron chi connectivity index (χ2n) is 7.33. The van der Waals surface area contributed by atoms with Crippen LogP contribution in [-0.4, -0.2) is 61.6 Å². The molecule has 2 aromatic rings. The zero-order valence-corrected chi connectivity index (χ0v) is 17.5. The van der Waals surface area contributed by atoms with Gasteiger partial charge in [0.15, 0.2) is 5.96 Å². The molecule has 0 unspecified atom stereocenters. The highest BCUT2D eigenvalue weighted by atomic mass is 32.1. The van der Waals surface area contributed by atoms with Crippen LogP contribution in [0.25, 0.3) is 0 Å². The van der Waals surface area contributed by atoms with Gasteiger partial charge in [-0.1, -0.05) is 36.4 Å². The lowest BCUT2D eigenvalue weighted by Crippen LogP contribution is -2.46. The maximum Gasteiger partial charge on any atom is 0.188 e. The summed E-state index contributed by atoms with van der Waals surface area (Å²) in [5, 5.41) is 5.31. The molecular formula is C22H33N5S. The van der Waals surface area contributed by atoms with E-state index in [0.717, 1.165) is 45.6 Å². The van der Waals surface area contributed by atoms with Gasteiger partial charge in [-0.2, -0.15) is 0 Å².